The molecule has 0 bridgehead atoms. The molecule has 11 heteroatoms. The molecule has 0 aliphatic heterocycles. The number of carbonyl (C=O) groups is 1. The van der Waals surface area contributed by atoms with E-state index in [4.69, 9.17) is 10.4 Å². The number of nitriles is 1. The van der Waals surface area contributed by atoms with Gasteiger partial charge in [-0.25, -0.2) is 26.0 Å². The van der Waals surface area contributed by atoms with Crippen molar-refractivity contribution in [2.45, 2.75) is 11.4 Å². The van der Waals surface area contributed by atoms with Crippen molar-refractivity contribution in [2.24, 2.45) is 0 Å². The second kappa shape index (κ2) is 7.73. The van der Waals surface area contributed by atoms with Crippen LogP contribution in [0.1, 0.15) is 11.1 Å². The standard InChI is InChI=1S/C16H10F4N2O4S/c17-11-5-12(18)16(15(20)14(11)19)27(25,26)22(8-13(23)24)7-10-4-2-1-3-9(10)6-21/h1-5H,7-8H2,(H,23,24). The normalized spacial score (nSPS) is 11.4. The third kappa shape index (κ3) is 4.07. The Bertz CT molecular complexity index is 1050. The molecule has 0 unspecified atom stereocenters. The van der Waals surface area contributed by atoms with Gasteiger partial charge in [0.15, 0.2) is 22.3 Å². The Morgan fingerprint density at radius 3 is 2.33 bits per heavy atom. The molecule has 0 saturated heterocycles. The summed E-state index contributed by atoms with van der Waals surface area (Å²) in [6, 6.07) is 7.12. The minimum Gasteiger partial charge on any atom is -0.480 e. The van der Waals surface area contributed by atoms with Crippen LogP contribution in [0.3, 0.4) is 0 Å². The van der Waals surface area contributed by atoms with Crippen molar-refractivity contribution in [1.82, 2.24) is 4.31 Å². The number of carboxylic acids is 1. The highest BCUT2D eigenvalue weighted by molar-refractivity contribution is 7.89. The van der Waals surface area contributed by atoms with Gasteiger partial charge in [-0.1, -0.05) is 18.2 Å². The van der Waals surface area contributed by atoms with Gasteiger partial charge in [0, 0.05) is 12.6 Å². The van der Waals surface area contributed by atoms with E-state index < -0.39 is 57.2 Å². The van der Waals surface area contributed by atoms with Crippen molar-refractivity contribution < 1.29 is 35.9 Å². The molecular weight excluding hydrogens is 392 g/mol. The van der Waals surface area contributed by atoms with Gasteiger partial charge in [-0.3, -0.25) is 4.79 Å². The van der Waals surface area contributed by atoms with E-state index in [-0.39, 0.29) is 21.5 Å². The zero-order valence-corrected chi connectivity index (χ0v) is 14.1. The highest BCUT2D eigenvalue weighted by Gasteiger charge is 2.35. The topological polar surface area (TPSA) is 98.5 Å². The van der Waals surface area contributed by atoms with Gasteiger partial charge in [-0.2, -0.15) is 9.57 Å². The molecular formula is C16H10F4N2O4S. The van der Waals surface area contributed by atoms with Crippen molar-refractivity contribution in [3.63, 3.8) is 0 Å². The third-order valence-corrected chi connectivity index (χ3v) is 5.29. The number of rotatable bonds is 6. The Kier molecular flexibility index (Phi) is 5.82. The van der Waals surface area contributed by atoms with Crippen LogP contribution in [0.15, 0.2) is 35.2 Å². The maximum absolute atomic E-state index is 13.9. The van der Waals surface area contributed by atoms with Crippen LogP contribution >= 0.6 is 0 Å². The van der Waals surface area contributed by atoms with Crippen LogP contribution in [0, 0.1) is 34.6 Å². The average Bonchev–Trinajstić information content (AvgIpc) is 2.59. The van der Waals surface area contributed by atoms with Gasteiger partial charge in [0.2, 0.25) is 10.0 Å². The minimum absolute atomic E-state index is 0.00526. The van der Waals surface area contributed by atoms with Crippen LogP contribution in [0.25, 0.3) is 0 Å². The van der Waals surface area contributed by atoms with E-state index in [9.17, 15) is 30.8 Å². The lowest BCUT2D eigenvalue weighted by Gasteiger charge is -2.21. The number of benzene rings is 2. The first kappa shape index (κ1) is 20.3. The predicted octanol–water partition coefficient (Wildman–Crippen LogP) is 2.39. The van der Waals surface area contributed by atoms with Crippen molar-refractivity contribution in [3.05, 3.63) is 64.7 Å². The molecule has 0 radical (unpaired) electrons. The second-order valence-electron chi connectivity index (χ2n) is 5.23. The van der Waals surface area contributed by atoms with Gasteiger partial charge >= 0.3 is 5.97 Å². The van der Waals surface area contributed by atoms with E-state index in [0.717, 1.165) is 0 Å². The SMILES string of the molecule is N#Cc1ccccc1CN(CC(=O)O)S(=O)(=O)c1c(F)cc(F)c(F)c1F. The van der Waals surface area contributed by atoms with E-state index in [2.05, 4.69) is 0 Å². The molecule has 0 heterocycles. The summed E-state index contributed by atoms with van der Waals surface area (Å²) in [5.74, 6) is -10.1. The molecule has 2 aromatic carbocycles. The van der Waals surface area contributed by atoms with Crippen LogP contribution in [0.5, 0.6) is 0 Å². The van der Waals surface area contributed by atoms with E-state index in [1.807, 2.05) is 0 Å². The zero-order chi connectivity index (χ0) is 20.4. The van der Waals surface area contributed by atoms with Crippen molar-refractivity contribution >= 4 is 16.0 Å². The molecule has 2 rings (SSSR count). The molecule has 0 spiro atoms. The fraction of sp³-hybridized carbons (Fsp3) is 0.125. The monoisotopic (exact) mass is 402 g/mol. The summed E-state index contributed by atoms with van der Waals surface area (Å²) in [4.78, 5) is 9.21. The van der Waals surface area contributed by atoms with E-state index >= 15 is 0 Å². The lowest BCUT2D eigenvalue weighted by molar-refractivity contribution is -0.137. The molecule has 142 valence electrons. The first-order chi connectivity index (χ1) is 12.6. The van der Waals surface area contributed by atoms with Gasteiger partial charge < -0.3 is 5.11 Å². The van der Waals surface area contributed by atoms with Crippen LogP contribution in [-0.2, 0) is 21.4 Å². The molecule has 0 atom stereocenters. The number of hydrogen-bond acceptors (Lipinski definition) is 4. The quantitative estimate of drug-likeness (QED) is 0.455. The summed E-state index contributed by atoms with van der Waals surface area (Å²) in [5.41, 5.74) is 0.0440. The largest absolute Gasteiger partial charge is 0.480 e. The van der Waals surface area contributed by atoms with E-state index in [1.54, 1.807) is 6.07 Å². The zero-order valence-electron chi connectivity index (χ0n) is 13.3. The molecule has 0 fully saturated rings. The Labute approximate surface area is 150 Å². The molecule has 0 aliphatic rings. The molecule has 0 saturated carbocycles. The molecule has 6 nitrogen and oxygen atoms in total. The first-order valence-corrected chi connectivity index (χ1v) is 8.56. The summed E-state index contributed by atoms with van der Waals surface area (Å²) in [6.45, 7) is -1.98. The predicted molar refractivity (Wildman–Crippen MR) is 82.7 cm³/mol. The number of aliphatic carboxylic acids is 1. The van der Waals surface area contributed by atoms with E-state index in [0.29, 0.717) is 0 Å². The van der Waals surface area contributed by atoms with Gasteiger partial charge in [-0.15, -0.1) is 0 Å². The molecule has 1 N–H and O–H groups in total. The van der Waals surface area contributed by atoms with Crippen molar-refractivity contribution in [2.75, 3.05) is 6.54 Å². The van der Waals surface area contributed by atoms with Gasteiger partial charge in [0.1, 0.15) is 12.4 Å². The van der Waals surface area contributed by atoms with Gasteiger partial charge in [-0.05, 0) is 11.6 Å². The Balaban J connectivity index is 2.62. The Hall–Kier alpha value is -2.97. The van der Waals surface area contributed by atoms with Gasteiger partial charge in [0.25, 0.3) is 0 Å². The number of sulfonamides is 1. The van der Waals surface area contributed by atoms with Crippen molar-refractivity contribution in [3.8, 4) is 6.07 Å². The lowest BCUT2D eigenvalue weighted by atomic mass is 10.1. The number of nitrogens with zero attached hydrogens (tertiary/aromatic N) is 2. The summed E-state index contributed by atoms with van der Waals surface area (Å²) in [6.07, 6.45) is 0. The highest BCUT2D eigenvalue weighted by Crippen LogP contribution is 2.27. The third-order valence-electron chi connectivity index (χ3n) is 3.47. The summed E-state index contributed by atoms with van der Waals surface area (Å²) >= 11 is 0. The molecule has 0 aromatic heterocycles. The van der Waals surface area contributed by atoms with Crippen LogP contribution in [0.4, 0.5) is 17.6 Å². The maximum atomic E-state index is 13.9. The Morgan fingerprint density at radius 1 is 1.11 bits per heavy atom. The first-order valence-electron chi connectivity index (χ1n) is 7.12. The molecule has 0 aliphatic carbocycles. The molecule has 2 aromatic rings. The van der Waals surface area contributed by atoms with Gasteiger partial charge in [0.05, 0.1) is 11.6 Å². The van der Waals surface area contributed by atoms with Crippen LogP contribution < -0.4 is 0 Å². The number of halogens is 4. The number of carboxylic acid groups (broad SMARTS) is 1. The lowest BCUT2D eigenvalue weighted by Crippen LogP contribution is -2.36. The second-order valence-corrected chi connectivity index (χ2v) is 7.11. The maximum Gasteiger partial charge on any atom is 0.318 e. The molecule has 27 heavy (non-hydrogen) atoms. The van der Waals surface area contributed by atoms with Crippen LogP contribution in [-0.4, -0.2) is 30.3 Å². The number of hydrogen-bond donors (Lipinski definition) is 1. The fourth-order valence-corrected chi connectivity index (χ4v) is 3.72. The van der Waals surface area contributed by atoms with Crippen LogP contribution in [0.2, 0.25) is 0 Å². The summed E-state index contributed by atoms with van der Waals surface area (Å²) < 4.78 is 79.7. The summed E-state index contributed by atoms with van der Waals surface area (Å²) in [7, 11) is -5.23. The fourth-order valence-electron chi connectivity index (χ4n) is 2.25. The Morgan fingerprint density at radius 2 is 1.74 bits per heavy atom. The molecule has 0 amide bonds. The van der Waals surface area contributed by atoms with E-state index in [1.165, 1.54) is 24.3 Å². The minimum atomic E-state index is -5.23. The highest BCUT2D eigenvalue weighted by atomic mass is 32.2. The summed E-state index contributed by atoms with van der Waals surface area (Å²) in [5, 5.41) is 18.0. The average molecular weight is 402 g/mol. The van der Waals surface area contributed by atoms with Crippen molar-refractivity contribution in [1.29, 1.82) is 5.26 Å². The smallest absolute Gasteiger partial charge is 0.318 e.